The first-order chi connectivity index (χ1) is 10.7. The summed E-state index contributed by atoms with van der Waals surface area (Å²) in [5.74, 6) is 0.410. The molecule has 3 heteroatoms. The maximum Gasteiger partial charge on any atom is 0.159 e. The van der Waals surface area contributed by atoms with Crippen LogP contribution in [-0.2, 0) is 11.3 Å². The van der Waals surface area contributed by atoms with Crippen molar-refractivity contribution in [1.82, 2.24) is 4.90 Å². The lowest BCUT2D eigenvalue weighted by Crippen LogP contribution is -2.37. The van der Waals surface area contributed by atoms with Gasteiger partial charge in [0.25, 0.3) is 0 Å². The van der Waals surface area contributed by atoms with Crippen LogP contribution < -0.4 is 0 Å². The molecule has 1 aromatic carbocycles. The summed E-state index contributed by atoms with van der Waals surface area (Å²) in [4.78, 5) is 14.1. The first kappa shape index (κ1) is 13.3. The van der Waals surface area contributed by atoms with E-state index in [1.54, 1.807) is 12.2 Å². The van der Waals surface area contributed by atoms with Gasteiger partial charge in [-0.15, -0.1) is 0 Å². The molecule has 0 fully saturated rings. The number of aliphatic hydroxyl groups is 1. The molecule has 0 spiro atoms. The minimum absolute atomic E-state index is 0.0424. The lowest BCUT2D eigenvalue weighted by Gasteiger charge is -2.30. The fraction of sp³-hybridized carbons (Fsp3) is 0.211. The van der Waals surface area contributed by atoms with Gasteiger partial charge in [-0.1, -0.05) is 48.6 Å². The molecule has 0 aromatic heterocycles. The molecule has 3 nitrogen and oxygen atoms in total. The fourth-order valence-corrected chi connectivity index (χ4v) is 3.62. The van der Waals surface area contributed by atoms with Crippen LogP contribution in [0.1, 0.15) is 12.0 Å². The Labute approximate surface area is 129 Å². The molecule has 4 rings (SSSR count). The first-order valence-electron chi connectivity index (χ1n) is 7.55. The number of hydrogen-bond acceptors (Lipinski definition) is 3. The van der Waals surface area contributed by atoms with Gasteiger partial charge in [0.2, 0.25) is 0 Å². The molecular formula is C19H17NO2. The monoisotopic (exact) mass is 291 g/mol. The number of fused-ring (bicyclic) bond motifs is 2. The number of aliphatic hydroxyl groups excluding tert-OH is 1. The van der Waals surface area contributed by atoms with E-state index in [0.29, 0.717) is 12.2 Å². The van der Waals surface area contributed by atoms with Gasteiger partial charge in [0.15, 0.2) is 5.78 Å². The van der Waals surface area contributed by atoms with Crippen LogP contribution in [0.4, 0.5) is 0 Å². The second-order valence-corrected chi connectivity index (χ2v) is 5.93. The summed E-state index contributed by atoms with van der Waals surface area (Å²) in [6.45, 7) is 0.791. The molecule has 2 atom stereocenters. The van der Waals surface area contributed by atoms with E-state index in [0.717, 1.165) is 17.7 Å². The second kappa shape index (κ2) is 5.11. The fourth-order valence-electron chi connectivity index (χ4n) is 3.62. The summed E-state index contributed by atoms with van der Waals surface area (Å²) in [6.07, 6.45) is 9.76. The number of carbonyl (C=O) groups is 1. The van der Waals surface area contributed by atoms with Crippen LogP contribution in [0.25, 0.3) is 0 Å². The Bertz CT molecular complexity index is 740. The van der Waals surface area contributed by atoms with E-state index < -0.39 is 0 Å². The van der Waals surface area contributed by atoms with E-state index in [2.05, 4.69) is 23.1 Å². The molecule has 1 heterocycles. The van der Waals surface area contributed by atoms with Gasteiger partial charge in [-0.2, -0.15) is 0 Å². The third-order valence-corrected chi connectivity index (χ3v) is 4.57. The highest BCUT2D eigenvalue weighted by atomic mass is 16.3. The minimum Gasteiger partial charge on any atom is -0.508 e. The quantitative estimate of drug-likeness (QED) is 0.910. The van der Waals surface area contributed by atoms with Crippen LogP contribution in [-0.4, -0.2) is 27.9 Å². The number of allylic oxidation sites excluding steroid dienone is 3. The van der Waals surface area contributed by atoms with Gasteiger partial charge < -0.3 is 5.11 Å². The maximum atomic E-state index is 11.8. The van der Waals surface area contributed by atoms with Crippen molar-refractivity contribution in [1.29, 1.82) is 0 Å². The molecule has 1 aliphatic heterocycles. The molecular weight excluding hydrogens is 274 g/mol. The SMILES string of the molecule is O=C1C=CC2C(=C3C(O)=CC=CC3N2Cc2ccccc2)C1. The highest BCUT2D eigenvalue weighted by Gasteiger charge is 2.41. The maximum absolute atomic E-state index is 11.8. The largest absolute Gasteiger partial charge is 0.508 e. The number of nitrogens with zero attached hydrogens (tertiary/aromatic N) is 1. The van der Waals surface area contributed by atoms with E-state index in [-0.39, 0.29) is 17.9 Å². The average molecular weight is 291 g/mol. The van der Waals surface area contributed by atoms with Gasteiger partial charge >= 0.3 is 0 Å². The number of ketones is 1. The first-order valence-corrected chi connectivity index (χ1v) is 7.55. The summed E-state index contributed by atoms with van der Waals surface area (Å²) in [5, 5.41) is 10.3. The molecule has 0 saturated heterocycles. The third-order valence-electron chi connectivity index (χ3n) is 4.57. The zero-order chi connectivity index (χ0) is 15.1. The van der Waals surface area contributed by atoms with Crippen LogP contribution in [0.2, 0.25) is 0 Å². The van der Waals surface area contributed by atoms with Crippen molar-refractivity contribution in [3.05, 3.63) is 83.2 Å². The molecule has 1 aromatic rings. The molecule has 0 bridgehead atoms. The highest BCUT2D eigenvalue weighted by molar-refractivity contribution is 5.94. The molecule has 2 aliphatic carbocycles. The predicted molar refractivity (Wildman–Crippen MR) is 85.2 cm³/mol. The number of hydrogen-bond donors (Lipinski definition) is 1. The molecule has 0 saturated carbocycles. The Morgan fingerprint density at radius 1 is 1.14 bits per heavy atom. The smallest absolute Gasteiger partial charge is 0.159 e. The van der Waals surface area contributed by atoms with Crippen molar-refractivity contribution in [3.63, 3.8) is 0 Å². The Hall–Kier alpha value is -2.39. The van der Waals surface area contributed by atoms with Gasteiger partial charge in [0.1, 0.15) is 5.76 Å². The highest BCUT2D eigenvalue weighted by Crippen LogP contribution is 2.41. The lowest BCUT2D eigenvalue weighted by molar-refractivity contribution is -0.114. The minimum atomic E-state index is 0.0424. The normalized spacial score (nSPS) is 26.9. The van der Waals surface area contributed by atoms with Crippen LogP contribution in [0.5, 0.6) is 0 Å². The standard InChI is InChI=1S/C19H17NO2/c21-14-9-10-16-15(11-14)19-17(7-4-8-18(19)22)20(16)12-13-5-2-1-3-6-13/h1-10,16-17,22H,11-12H2. The molecule has 3 aliphatic rings. The van der Waals surface area contributed by atoms with Gasteiger partial charge in [-0.25, -0.2) is 0 Å². The Morgan fingerprint density at radius 2 is 1.95 bits per heavy atom. The van der Waals surface area contributed by atoms with Crippen LogP contribution >= 0.6 is 0 Å². The third kappa shape index (κ3) is 2.06. The van der Waals surface area contributed by atoms with Crippen LogP contribution in [0.15, 0.2) is 77.6 Å². The summed E-state index contributed by atoms with van der Waals surface area (Å²) in [5.41, 5.74) is 3.20. The molecule has 2 unspecified atom stereocenters. The lowest BCUT2D eigenvalue weighted by atomic mass is 9.91. The zero-order valence-electron chi connectivity index (χ0n) is 12.1. The molecule has 0 radical (unpaired) electrons. The molecule has 110 valence electrons. The van der Waals surface area contributed by atoms with Crippen LogP contribution in [0, 0.1) is 0 Å². The van der Waals surface area contributed by atoms with Crippen molar-refractivity contribution in [2.45, 2.75) is 25.0 Å². The Balaban J connectivity index is 1.75. The summed E-state index contributed by atoms with van der Waals surface area (Å²) in [6, 6.07) is 10.4. The van der Waals surface area contributed by atoms with E-state index in [9.17, 15) is 9.90 Å². The number of carbonyl (C=O) groups excluding carboxylic acids is 1. The summed E-state index contributed by atoms with van der Waals surface area (Å²) < 4.78 is 0. The second-order valence-electron chi connectivity index (χ2n) is 5.93. The zero-order valence-corrected chi connectivity index (χ0v) is 12.1. The molecule has 1 N–H and O–H groups in total. The molecule has 0 amide bonds. The Kier molecular flexibility index (Phi) is 3.09. The van der Waals surface area contributed by atoms with Crippen molar-refractivity contribution in [2.24, 2.45) is 0 Å². The van der Waals surface area contributed by atoms with E-state index in [1.807, 2.05) is 30.4 Å². The van der Waals surface area contributed by atoms with E-state index in [4.69, 9.17) is 0 Å². The van der Waals surface area contributed by atoms with E-state index >= 15 is 0 Å². The van der Waals surface area contributed by atoms with Crippen LogP contribution in [0.3, 0.4) is 0 Å². The molecule has 22 heavy (non-hydrogen) atoms. The van der Waals surface area contributed by atoms with Crippen molar-refractivity contribution in [3.8, 4) is 0 Å². The van der Waals surface area contributed by atoms with E-state index in [1.165, 1.54) is 5.56 Å². The summed E-state index contributed by atoms with van der Waals surface area (Å²) in [7, 11) is 0. The average Bonchev–Trinajstić information content (AvgIpc) is 2.83. The van der Waals surface area contributed by atoms with Gasteiger partial charge in [0.05, 0.1) is 12.1 Å². The predicted octanol–water partition coefficient (Wildman–Crippen LogP) is 3.08. The van der Waals surface area contributed by atoms with Crippen molar-refractivity contribution >= 4 is 5.78 Å². The number of benzene rings is 1. The van der Waals surface area contributed by atoms with Crippen molar-refractivity contribution in [2.75, 3.05) is 0 Å². The topological polar surface area (TPSA) is 40.5 Å². The number of rotatable bonds is 2. The summed E-state index contributed by atoms with van der Waals surface area (Å²) >= 11 is 0. The van der Waals surface area contributed by atoms with Gasteiger partial charge in [-0.05, 0) is 23.3 Å². The van der Waals surface area contributed by atoms with Gasteiger partial charge in [0, 0.05) is 18.5 Å². The van der Waals surface area contributed by atoms with Crippen molar-refractivity contribution < 1.29 is 9.90 Å². The van der Waals surface area contributed by atoms with Gasteiger partial charge in [-0.3, -0.25) is 9.69 Å². The Morgan fingerprint density at radius 3 is 2.77 bits per heavy atom.